The van der Waals surface area contributed by atoms with E-state index in [9.17, 15) is 18.0 Å². The van der Waals surface area contributed by atoms with E-state index in [0.717, 1.165) is 5.39 Å². The van der Waals surface area contributed by atoms with Crippen molar-refractivity contribution >= 4 is 50.0 Å². The maximum atomic E-state index is 13.2. The molecule has 1 N–H and O–H groups in total. The van der Waals surface area contributed by atoms with Gasteiger partial charge >= 0.3 is 0 Å². The highest BCUT2D eigenvalue weighted by molar-refractivity contribution is 7.93. The summed E-state index contributed by atoms with van der Waals surface area (Å²) in [5.41, 5.74) is 2.22. The van der Waals surface area contributed by atoms with Crippen molar-refractivity contribution in [3.8, 4) is 0 Å². The predicted octanol–water partition coefficient (Wildman–Crippen LogP) is 3.99. The topological polar surface area (TPSA) is 113 Å². The summed E-state index contributed by atoms with van der Waals surface area (Å²) in [7, 11) is -3.91. The molecule has 0 radical (unpaired) electrons. The summed E-state index contributed by atoms with van der Waals surface area (Å²) in [6.07, 6.45) is 4.49. The van der Waals surface area contributed by atoms with Gasteiger partial charge < -0.3 is 9.80 Å². The van der Waals surface area contributed by atoms with Crippen molar-refractivity contribution in [2.24, 2.45) is 0 Å². The van der Waals surface area contributed by atoms with Gasteiger partial charge in [-0.05, 0) is 48.9 Å². The molecule has 9 nitrogen and oxygen atoms in total. The molecule has 11 heteroatoms. The molecule has 0 atom stereocenters. The number of nitrogens with zero attached hydrogens (tertiary/aromatic N) is 4. The SMILES string of the molecule is Cc1cc(C(=O)N2CCN(C(=O)c3cncc(Cl)c3)CC2)ccc1NS(=O)(=O)c1cccc2cccnc12. The highest BCUT2D eigenvalue weighted by Gasteiger charge is 2.26. The van der Waals surface area contributed by atoms with Crippen molar-refractivity contribution in [1.82, 2.24) is 19.8 Å². The second-order valence-electron chi connectivity index (χ2n) is 8.94. The molecule has 2 amide bonds. The normalized spacial score (nSPS) is 13.9. The molecule has 194 valence electrons. The fraction of sp³-hybridized carbons (Fsp3) is 0.185. The zero-order valence-corrected chi connectivity index (χ0v) is 22.0. The number of piperazine rings is 1. The highest BCUT2D eigenvalue weighted by Crippen LogP contribution is 2.26. The second-order valence-corrected chi connectivity index (χ2v) is 11.0. The lowest BCUT2D eigenvalue weighted by Gasteiger charge is -2.35. The third-order valence-corrected chi connectivity index (χ3v) is 8.01. The lowest BCUT2D eigenvalue weighted by Crippen LogP contribution is -2.50. The van der Waals surface area contributed by atoms with Crippen molar-refractivity contribution in [1.29, 1.82) is 0 Å². The average Bonchev–Trinajstić information content (AvgIpc) is 2.93. The molecule has 2 aromatic heterocycles. The van der Waals surface area contributed by atoms with Gasteiger partial charge in [0.2, 0.25) is 0 Å². The van der Waals surface area contributed by atoms with Crippen molar-refractivity contribution < 1.29 is 18.0 Å². The summed E-state index contributed by atoms with van der Waals surface area (Å²) in [5.74, 6) is -0.363. The van der Waals surface area contributed by atoms with Gasteiger partial charge in [0, 0.05) is 55.7 Å². The van der Waals surface area contributed by atoms with Crippen molar-refractivity contribution in [2.45, 2.75) is 11.8 Å². The predicted molar refractivity (Wildman–Crippen MR) is 145 cm³/mol. The number of nitrogens with one attached hydrogen (secondary N) is 1. The number of amides is 2. The van der Waals surface area contributed by atoms with Crippen LogP contribution in [0, 0.1) is 6.92 Å². The van der Waals surface area contributed by atoms with E-state index in [1.54, 1.807) is 71.5 Å². The molecule has 3 heterocycles. The van der Waals surface area contributed by atoms with Crippen molar-refractivity contribution in [3.05, 3.63) is 94.9 Å². The molecule has 38 heavy (non-hydrogen) atoms. The molecule has 4 aromatic rings. The number of fused-ring (bicyclic) bond motifs is 1. The molecule has 0 bridgehead atoms. The Hall–Kier alpha value is -4.02. The van der Waals surface area contributed by atoms with Crippen LogP contribution in [-0.4, -0.2) is 66.2 Å². The standard InChI is InChI=1S/C27H24ClN5O4S/c1-18-14-20(26(34)32-10-12-33(13-11-32)27(35)21-15-22(28)17-29-16-21)7-8-23(18)31-38(36,37)24-6-2-4-19-5-3-9-30-25(19)24/h2-9,14-17,31H,10-13H2,1H3. The first-order valence-electron chi connectivity index (χ1n) is 11.9. The van der Waals surface area contributed by atoms with Gasteiger partial charge in [-0.3, -0.25) is 24.3 Å². The Labute approximate surface area is 225 Å². The van der Waals surface area contributed by atoms with Crippen LogP contribution in [0.2, 0.25) is 5.02 Å². The van der Waals surface area contributed by atoms with Gasteiger partial charge in [-0.1, -0.05) is 29.8 Å². The maximum absolute atomic E-state index is 13.2. The van der Waals surface area contributed by atoms with Crippen LogP contribution in [0.3, 0.4) is 0 Å². The number of halogens is 1. The van der Waals surface area contributed by atoms with Crippen molar-refractivity contribution in [3.63, 3.8) is 0 Å². The van der Waals surface area contributed by atoms with E-state index in [1.165, 1.54) is 18.5 Å². The van der Waals surface area contributed by atoms with Crippen LogP contribution in [0.25, 0.3) is 10.9 Å². The number of aryl methyl sites for hydroxylation is 1. The quantitative estimate of drug-likeness (QED) is 0.403. The molecular weight excluding hydrogens is 526 g/mol. The maximum Gasteiger partial charge on any atom is 0.264 e. The largest absolute Gasteiger partial charge is 0.335 e. The Balaban J connectivity index is 1.27. The summed E-state index contributed by atoms with van der Waals surface area (Å²) in [6, 6.07) is 15.0. The molecule has 1 aliphatic rings. The minimum atomic E-state index is -3.91. The molecule has 1 saturated heterocycles. The second kappa shape index (κ2) is 10.4. The Bertz CT molecular complexity index is 1650. The number of anilines is 1. The Morgan fingerprint density at radius 3 is 2.26 bits per heavy atom. The van der Waals surface area contributed by atoms with E-state index in [2.05, 4.69) is 14.7 Å². The van der Waals surface area contributed by atoms with Crippen LogP contribution in [0.5, 0.6) is 0 Å². The van der Waals surface area contributed by atoms with E-state index in [4.69, 9.17) is 11.6 Å². The van der Waals surface area contributed by atoms with E-state index >= 15 is 0 Å². The first-order valence-corrected chi connectivity index (χ1v) is 13.8. The fourth-order valence-corrected chi connectivity index (χ4v) is 5.90. The van der Waals surface area contributed by atoms with Crippen LogP contribution >= 0.6 is 11.6 Å². The summed E-state index contributed by atoms with van der Waals surface area (Å²) < 4.78 is 29.0. The Morgan fingerprint density at radius 1 is 0.895 bits per heavy atom. The molecule has 1 fully saturated rings. The number of pyridine rings is 2. The first kappa shape index (κ1) is 25.6. The number of hydrogen-bond acceptors (Lipinski definition) is 6. The average molecular weight is 550 g/mol. The monoisotopic (exact) mass is 549 g/mol. The van der Waals surface area contributed by atoms with Gasteiger partial charge in [-0.15, -0.1) is 0 Å². The molecule has 0 spiro atoms. The van der Waals surface area contributed by atoms with Crippen LogP contribution < -0.4 is 4.72 Å². The van der Waals surface area contributed by atoms with E-state index < -0.39 is 10.0 Å². The van der Waals surface area contributed by atoms with Gasteiger partial charge in [0.05, 0.1) is 21.8 Å². The van der Waals surface area contributed by atoms with Crippen LogP contribution in [0.4, 0.5) is 5.69 Å². The number of carbonyl (C=O) groups excluding carboxylic acids is 2. The number of para-hydroxylation sites is 1. The summed E-state index contributed by atoms with van der Waals surface area (Å²) in [6.45, 7) is 3.26. The summed E-state index contributed by atoms with van der Waals surface area (Å²) >= 11 is 5.95. The zero-order valence-electron chi connectivity index (χ0n) is 20.5. The summed E-state index contributed by atoms with van der Waals surface area (Å²) in [4.78, 5) is 37.5. The molecular formula is C27H24ClN5O4S. The Morgan fingerprint density at radius 2 is 1.58 bits per heavy atom. The molecule has 0 aliphatic carbocycles. The highest BCUT2D eigenvalue weighted by atomic mass is 35.5. The zero-order chi connectivity index (χ0) is 26.9. The number of carbonyl (C=O) groups is 2. The first-order chi connectivity index (χ1) is 18.2. The molecule has 5 rings (SSSR count). The Kier molecular flexibility index (Phi) is 7.00. The number of aromatic nitrogens is 2. The van der Waals surface area contributed by atoms with Crippen LogP contribution in [-0.2, 0) is 10.0 Å². The minimum Gasteiger partial charge on any atom is -0.335 e. The van der Waals surface area contributed by atoms with Crippen LogP contribution in [0.1, 0.15) is 26.3 Å². The molecule has 1 aliphatic heterocycles. The third kappa shape index (κ3) is 5.18. The number of hydrogen-bond donors (Lipinski definition) is 1. The van der Waals surface area contributed by atoms with Gasteiger partial charge in [-0.25, -0.2) is 8.42 Å². The van der Waals surface area contributed by atoms with Gasteiger partial charge in [0.25, 0.3) is 21.8 Å². The molecule has 2 aromatic carbocycles. The van der Waals surface area contributed by atoms with Gasteiger partial charge in [-0.2, -0.15) is 0 Å². The molecule has 0 unspecified atom stereocenters. The number of sulfonamides is 1. The molecule has 0 saturated carbocycles. The van der Waals surface area contributed by atoms with Gasteiger partial charge in [0.15, 0.2) is 0 Å². The number of benzene rings is 2. The lowest BCUT2D eigenvalue weighted by atomic mass is 10.1. The van der Waals surface area contributed by atoms with Crippen molar-refractivity contribution in [2.75, 3.05) is 30.9 Å². The minimum absolute atomic E-state index is 0.0797. The van der Waals surface area contributed by atoms with Gasteiger partial charge in [0.1, 0.15) is 4.90 Å². The fourth-order valence-electron chi connectivity index (χ4n) is 4.41. The smallest absolute Gasteiger partial charge is 0.264 e. The van der Waals surface area contributed by atoms with E-state index in [1.807, 2.05) is 0 Å². The lowest BCUT2D eigenvalue weighted by molar-refractivity contribution is 0.0535. The third-order valence-electron chi connectivity index (χ3n) is 6.41. The van der Waals surface area contributed by atoms with E-state index in [-0.39, 0.29) is 16.7 Å². The van der Waals surface area contributed by atoms with E-state index in [0.29, 0.717) is 59.1 Å². The number of rotatable bonds is 5. The van der Waals surface area contributed by atoms with Crippen LogP contribution in [0.15, 0.2) is 78.1 Å². The summed E-state index contributed by atoms with van der Waals surface area (Å²) in [5, 5.41) is 1.11.